The van der Waals surface area contributed by atoms with E-state index < -0.39 is 0 Å². The zero-order valence-electron chi connectivity index (χ0n) is 11.4. The van der Waals surface area contributed by atoms with Gasteiger partial charge in [0.05, 0.1) is 0 Å². The van der Waals surface area contributed by atoms with Gasteiger partial charge in [-0.05, 0) is 31.6 Å². The van der Waals surface area contributed by atoms with E-state index in [0.717, 1.165) is 31.5 Å². The van der Waals surface area contributed by atoms with E-state index in [9.17, 15) is 0 Å². The molecule has 1 fully saturated rings. The van der Waals surface area contributed by atoms with Crippen molar-refractivity contribution in [2.24, 2.45) is 16.8 Å². The average molecular weight is 241 g/mol. The van der Waals surface area contributed by atoms with Crippen LogP contribution in [0, 0.1) is 11.8 Å². The standard InChI is InChI=1S/C13H27N3O/c1-4-14-13(15-8-12(3)10-17)16-7-5-6-11(2)9-16/h11-12,17H,4-10H2,1-3H3,(H,14,15). The third-order valence-corrected chi connectivity index (χ3v) is 3.16. The minimum absolute atomic E-state index is 0.208. The summed E-state index contributed by atoms with van der Waals surface area (Å²) in [6.45, 7) is 10.4. The van der Waals surface area contributed by atoms with Crippen LogP contribution in [0.25, 0.3) is 0 Å². The molecule has 17 heavy (non-hydrogen) atoms. The molecule has 0 radical (unpaired) electrons. The van der Waals surface area contributed by atoms with Gasteiger partial charge in [-0.1, -0.05) is 13.8 Å². The van der Waals surface area contributed by atoms with Gasteiger partial charge in [-0.2, -0.15) is 0 Å². The van der Waals surface area contributed by atoms with Crippen LogP contribution in [0.5, 0.6) is 0 Å². The van der Waals surface area contributed by atoms with Crippen LogP contribution in [0.1, 0.15) is 33.6 Å². The number of nitrogens with zero attached hydrogens (tertiary/aromatic N) is 2. The molecular formula is C13H27N3O. The maximum absolute atomic E-state index is 9.03. The number of hydrogen-bond donors (Lipinski definition) is 2. The first-order valence-corrected chi connectivity index (χ1v) is 6.81. The smallest absolute Gasteiger partial charge is 0.193 e. The van der Waals surface area contributed by atoms with Gasteiger partial charge in [0.2, 0.25) is 0 Å². The summed E-state index contributed by atoms with van der Waals surface area (Å²) in [6.07, 6.45) is 2.57. The van der Waals surface area contributed by atoms with Crippen molar-refractivity contribution in [3.63, 3.8) is 0 Å². The van der Waals surface area contributed by atoms with Crippen LogP contribution in [-0.2, 0) is 0 Å². The highest BCUT2D eigenvalue weighted by Gasteiger charge is 2.19. The van der Waals surface area contributed by atoms with Crippen molar-refractivity contribution >= 4 is 5.96 Å². The predicted molar refractivity (Wildman–Crippen MR) is 72.2 cm³/mol. The fourth-order valence-electron chi connectivity index (χ4n) is 2.11. The zero-order chi connectivity index (χ0) is 12.7. The van der Waals surface area contributed by atoms with Crippen molar-refractivity contribution in [2.75, 3.05) is 32.8 Å². The Kier molecular flexibility index (Phi) is 6.34. The van der Waals surface area contributed by atoms with Gasteiger partial charge in [-0.15, -0.1) is 0 Å². The monoisotopic (exact) mass is 241 g/mol. The second-order valence-electron chi connectivity index (χ2n) is 5.18. The molecule has 0 aromatic heterocycles. The Bertz CT molecular complexity index is 243. The summed E-state index contributed by atoms with van der Waals surface area (Å²) < 4.78 is 0. The molecule has 4 heteroatoms. The maximum Gasteiger partial charge on any atom is 0.193 e. The highest BCUT2D eigenvalue weighted by Crippen LogP contribution is 2.15. The van der Waals surface area contributed by atoms with E-state index in [4.69, 9.17) is 5.11 Å². The molecule has 0 amide bonds. The van der Waals surface area contributed by atoms with Crippen molar-refractivity contribution in [2.45, 2.75) is 33.6 Å². The molecule has 100 valence electrons. The summed E-state index contributed by atoms with van der Waals surface area (Å²) in [5, 5.41) is 12.4. The number of hydrogen-bond acceptors (Lipinski definition) is 2. The molecule has 0 spiro atoms. The summed E-state index contributed by atoms with van der Waals surface area (Å²) in [5.74, 6) is 2.01. The largest absolute Gasteiger partial charge is 0.396 e. The number of rotatable bonds is 4. The Balaban J connectivity index is 2.56. The number of aliphatic hydroxyl groups excluding tert-OH is 1. The molecule has 0 aromatic rings. The first-order valence-electron chi connectivity index (χ1n) is 6.81. The van der Waals surface area contributed by atoms with E-state index in [0.29, 0.717) is 6.54 Å². The molecule has 0 aromatic carbocycles. The van der Waals surface area contributed by atoms with Crippen LogP contribution in [-0.4, -0.2) is 48.8 Å². The molecule has 1 heterocycles. The third-order valence-electron chi connectivity index (χ3n) is 3.16. The molecule has 1 saturated heterocycles. The molecule has 2 unspecified atom stereocenters. The quantitative estimate of drug-likeness (QED) is 0.576. The van der Waals surface area contributed by atoms with Crippen LogP contribution in [0.3, 0.4) is 0 Å². The molecular weight excluding hydrogens is 214 g/mol. The second kappa shape index (κ2) is 7.54. The van der Waals surface area contributed by atoms with E-state index >= 15 is 0 Å². The van der Waals surface area contributed by atoms with Gasteiger partial charge < -0.3 is 15.3 Å². The number of nitrogens with one attached hydrogen (secondary N) is 1. The van der Waals surface area contributed by atoms with Crippen molar-refractivity contribution in [1.82, 2.24) is 10.2 Å². The normalized spacial score (nSPS) is 23.6. The van der Waals surface area contributed by atoms with Crippen molar-refractivity contribution in [3.8, 4) is 0 Å². The lowest BCUT2D eigenvalue weighted by molar-refractivity contribution is 0.239. The molecule has 2 atom stereocenters. The van der Waals surface area contributed by atoms with Gasteiger partial charge in [0.1, 0.15) is 0 Å². The van der Waals surface area contributed by atoms with Crippen molar-refractivity contribution in [1.29, 1.82) is 0 Å². The van der Waals surface area contributed by atoms with E-state index in [2.05, 4.69) is 29.1 Å². The van der Waals surface area contributed by atoms with Crippen LogP contribution in [0.4, 0.5) is 0 Å². The van der Waals surface area contributed by atoms with Crippen LogP contribution in [0.2, 0.25) is 0 Å². The fraction of sp³-hybridized carbons (Fsp3) is 0.923. The van der Waals surface area contributed by atoms with Gasteiger partial charge in [0, 0.05) is 32.8 Å². The van der Waals surface area contributed by atoms with Crippen LogP contribution in [0.15, 0.2) is 4.99 Å². The minimum Gasteiger partial charge on any atom is -0.396 e. The zero-order valence-corrected chi connectivity index (χ0v) is 11.4. The number of aliphatic hydroxyl groups is 1. The number of guanidine groups is 1. The first kappa shape index (κ1) is 14.3. The highest BCUT2D eigenvalue weighted by atomic mass is 16.3. The number of piperidine rings is 1. The van der Waals surface area contributed by atoms with Crippen LogP contribution < -0.4 is 5.32 Å². The van der Waals surface area contributed by atoms with Crippen molar-refractivity contribution in [3.05, 3.63) is 0 Å². The number of aliphatic imine (C=N–C) groups is 1. The predicted octanol–water partition coefficient (Wildman–Crippen LogP) is 1.31. The SMILES string of the molecule is CCNC(=NCC(C)CO)N1CCCC(C)C1. The lowest BCUT2D eigenvalue weighted by Gasteiger charge is -2.33. The summed E-state index contributed by atoms with van der Waals surface area (Å²) in [4.78, 5) is 6.96. The summed E-state index contributed by atoms with van der Waals surface area (Å²) in [6, 6.07) is 0. The van der Waals surface area contributed by atoms with Gasteiger partial charge in [0.25, 0.3) is 0 Å². The maximum atomic E-state index is 9.03. The van der Waals surface area contributed by atoms with E-state index in [1.54, 1.807) is 0 Å². The van der Waals surface area contributed by atoms with Crippen molar-refractivity contribution < 1.29 is 5.11 Å². The molecule has 1 aliphatic heterocycles. The lowest BCUT2D eigenvalue weighted by Crippen LogP contribution is -2.46. The van der Waals surface area contributed by atoms with Crippen LogP contribution >= 0.6 is 0 Å². The highest BCUT2D eigenvalue weighted by molar-refractivity contribution is 5.80. The molecule has 0 aliphatic carbocycles. The molecule has 2 N–H and O–H groups in total. The van der Waals surface area contributed by atoms with Gasteiger partial charge >= 0.3 is 0 Å². The lowest BCUT2D eigenvalue weighted by atomic mass is 10.0. The van der Waals surface area contributed by atoms with Gasteiger partial charge in [-0.25, -0.2) is 0 Å². The Morgan fingerprint density at radius 2 is 2.35 bits per heavy atom. The first-order chi connectivity index (χ1) is 8.17. The number of likely N-dealkylation sites (tertiary alicyclic amines) is 1. The Morgan fingerprint density at radius 3 is 2.94 bits per heavy atom. The summed E-state index contributed by atoms with van der Waals surface area (Å²) >= 11 is 0. The fourth-order valence-corrected chi connectivity index (χ4v) is 2.11. The second-order valence-corrected chi connectivity index (χ2v) is 5.18. The minimum atomic E-state index is 0.208. The molecule has 0 saturated carbocycles. The Hall–Kier alpha value is -0.770. The van der Waals surface area contributed by atoms with Gasteiger partial charge in [0.15, 0.2) is 5.96 Å². The molecule has 4 nitrogen and oxygen atoms in total. The topological polar surface area (TPSA) is 47.9 Å². The van der Waals surface area contributed by atoms with E-state index in [1.807, 2.05) is 6.92 Å². The average Bonchev–Trinajstić information content (AvgIpc) is 2.34. The molecule has 1 rings (SSSR count). The third kappa shape index (κ3) is 4.94. The summed E-state index contributed by atoms with van der Waals surface area (Å²) in [5.41, 5.74) is 0. The Morgan fingerprint density at radius 1 is 1.59 bits per heavy atom. The Labute approximate surface area is 105 Å². The summed E-state index contributed by atoms with van der Waals surface area (Å²) in [7, 11) is 0. The molecule has 0 bridgehead atoms. The van der Waals surface area contributed by atoms with E-state index in [-0.39, 0.29) is 12.5 Å². The van der Waals surface area contributed by atoms with Gasteiger partial charge in [-0.3, -0.25) is 4.99 Å². The van der Waals surface area contributed by atoms with E-state index in [1.165, 1.54) is 12.8 Å². The molecule has 1 aliphatic rings.